The summed E-state index contributed by atoms with van der Waals surface area (Å²) in [6.07, 6.45) is 2.77. The van der Waals surface area contributed by atoms with Gasteiger partial charge in [-0.3, -0.25) is 0 Å². The van der Waals surface area contributed by atoms with Gasteiger partial charge < -0.3 is 9.73 Å². The van der Waals surface area contributed by atoms with Gasteiger partial charge in [0.1, 0.15) is 5.76 Å². The maximum Gasteiger partial charge on any atom is 0.169 e. The standard InChI is InChI=1S/C10H14BrNO/c1-7(8-2-3-8)12-6-9-4-5-10(11)13-9/h4-5,7-8,12H,2-3,6H2,1H3/t7-/m0/s1. The third kappa shape index (κ3) is 2.58. The van der Waals surface area contributed by atoms with Crippen molar-refractivity contribution < 1.29 is 4.42 Å². The van der Waals surface area contributed by atoms with Crippen molar-refractivity contribution in [1.29, 1.82) is 0 Å². The van der Waals surface area contributed by atoms with Gasteiger partial charge in [-0.25, -0.2) is 0 Å². The van der Waals surface area contributed by atoms with E-state index < -0.39 is 0 Å². The zero-order valence-corrected chi connectivity index (χ0v) is 9.30. The zero-order valence-electron chi connectivity index (χ0n) is 7.72. The van der Waals surface area contributed by atoms with Crippen LogP contribution in [0, 0.1) is 5.92 Å². The lowest BCUT2D eigenvalue weighted by Crippen LogP contribution is -2.26. The summed E-state index contributed by atoms with van der Waals surface area (Å²) in [7, 11) is 0. The average Bonchev–Trinajstić information content (AvgIpc) is 2.87. The van der Waals surface area contributed by atoms with Crippen LogP contribution in [0.5, 0.6) is 0 Å². The second kappa shape index (κ2) is 3.84. The first kappa shape index (κ1) is 9.28. The summed E-state index contributed by atoms with van der Waals surface area (Å²) < 4.78 is 6.20. The summed E-state index contributed by atoms with van der Waals surface area (Å²) >= 11 is 3.29. The molecular formula is C10H14BrNO. The second-order valence-corrected chi connectivity index (χ2v) is 4.49. The van der Waals surface area contributed by atoms with Crippen LogP contribution in [0.25, 0.3) is 0 Å². The molecule has 13 heavy (non-hydrogen) atoms. The van der Waals surface area contributed by atoms with Gasteiger partial charge in [0.15, 0.2) is 4.67 Å². The Kier molecular flexibility index (Phi) is 2.74. The number of nitrogens with one attached hydrogen (secondary N) is 1. The highest BCUT2D eigenvalue weighted by atomic mass is 79.9. The highest BCUT2D eigenvalue weighted by Gasteiger charge is 2.27. The van der Waals surface area contributed by atoms with Gasteiger partial charge in [0.25, 0.3) is 0 Å². The number of hydrogen-bond acceptors (Lipinski definition) is 2. The van der Waals surface area contributed by atoms with E-state index in [9.17, 15) is 0 Å². The van der Waals surface area contributed by atoms with Gasteiger partial charge in [0, 0.05) is 6.04 Å². The van der Waals surface area contributed by atoms with Crippen molar-refractivity contribution in [2.45, 2.75) is 32.4 Å². The Morgan fingerprint density at radius 1 is 1.62 bits per heavy atom. The highest BCUT2D eigenvalue weighted by Crippen LogP contribution is 2.32. The Balaban J connectivity index is 1.78. The Labute approximate surface area is 86.8 Å². The second-order valence-electron chi connectivity index (χ2n) is 3.71. The molecule has 1 fully saturated rings. The Bertz CT molecular complexity index is 280. The fourth-order valence-corrected chi connectivity index (χ4v) is 1.81. The normalized spacial score (nSPS) is 18.9. The molecule has 0 spiro atoms. The monoisotopic (exact) mass is 243 g/mol. The first-order valence-electron chi connectivity index (χ1n) is 4.73. The van der Waals surface area contributed by atoms with Gasteiger partial charge in [-0.05, 0) is 53.7 Å². The van der Waals surface area contributed by atoms with E-state index in [0.717, 1.165) is 22.9 Å². The van der Waals surface area contributed by atoms with E-state index in [-0.39, 0.29) is 0 Å². The van der Waals surface area contributed by atoms with Crippen molar-refractivity contribution in [1.82, 2.24) is 5.32 Å². The van der Waals surface area contributed by atoms with E-state index in [1.807, 2.05) is 12.1 Å². The number of rotatable bonds is 4. The predicted octanol–water partition coefficient (Wildman–Crippen LogP) is 2.93. The lowest BCUT2D eigenvalue weighted by molar-refractivity contribution is 0.426. The molecule has 1 atom stereocenters. The van der Waals surface area contributed by atoms with E-state index in [4.69, 9.17) is 4.42 Å². The molecule has 0 bridgehead atoms. The molecule has 1 N–H and O–H groups in total. The van der Waals surface area contributed by atoms with E-state index in [0.29, 0.717) is 6.04 Å². The van der Waals surface area contributed by atoms with Crippen molar-refractivity contribution in [2.24, 2.45) is 5.92 Å². The first-order chi connectivity index (χ1) is 6.25. The highest BCUT2D eigenvalue weighted by molar-refractivity contribution is 9.10. The molecule has 0 aliphatic heterocycles. The van der Waals surface area contributed by atoms with E-state index in [1.54, 1.807) is 0 Å². The quantitative estimate of drug-likeness (QED) is 0.880. The molecule has 1 aliphatic carbocycles. The van der Waals surface area contributed by atoms with Gasteiger partial charge in [0.2, 0.25) is 0 Å². The zero-order chi connectivity index (χ0) is 9.26. The fraction of sp³-hybridized carbons (Fsp3) is 0.600. The third-order valence-electron chi connectivity index (χ3n) is 2.56. The lowest BCUT2D eigenvalue weighted by atomic mass is 10.2. The largest absolute Gasteiger partial charge is 0.453 e. The van der Waals surface area contributed by atoms with Crippen molar-refractivity contribution >= 4 is 15.9 Å². The van der Waals surface area contributed by atoms with Crippen LogP contribution in [0.4, 0.5) is 0 Å². The SMILES string of the molecule is C[C@H](NCc1ccc(Br)o1)C1CC1. The van der Waals surface area contributed by atoms with Gasteiger partial charge in [-0.2, -0.15) is 0 Å². The van der Waals surface area contributed by atoms with Crippen molar-refractivity contribution in [2.75, 3.05) is 0 Å². The summed E-state index contributed by atoms with van der Waals surface area (Å²) in [6.45, 7) is 3.08. The smallest absolute Gasteiger partial charge is 0.169 e. The summed E-state index contributed by atoms with van der Waals surface area (Å²) in [6, 6.07) is 4.55. The number of halogens is 1. The Hall–Kier alpha value is -0.280. The molecule has 1 heterocycles. The molecule has 1 aromatic heterocycles. The topological polar surface area (TPSA) is 25.2 Å². The van der Waals surface area contributed by atoms with Crippen molar-refractivity contribution in [3.63, 3.8) is 0 Å². The maximum atomic E-state index is 5.39. The molecule has 3 heteroatoms. The molecule has 72 valence electrons. The number of furan rings is 1. The molecule has 0 unspecified atom stereocenters. The molecule has 2 nitrogen and oxygen atoms in total. The molecular weight excluding hydrogens is 230 g/mol. The molecule has 0 saturated heterocycles. The molecule has 0 amide bonds. The molecule has 1 aromatic rings. The average molecular weight is 244 g/mol. The van der Waals surface area contributed by atoms with Crippen LogP contribution in [-0.4, -0.2) is 6.04 Å². The molecule has 0 aromatic carbocycles. The van der Waals surface area contributed by atoms with Gasteiger partial charge in [0.05, 0.1) is 6.54 Å². The van der Waals surface area contributed by atoms with Crippen LogP contribution < -0.4 is 5.32 Å². The van der Waals surface area contributed by atoms with Gasteiger partial charge in [-0.1, -0.05) is 0 Å². The molecule has 1 saturated carbocycles. The molecule has 1 aliphatic rings. The minimum atomic E-state index is 0.629. The van der Waals surface area contributed by atoms with E-state index >= 15 is 0 Å². The summed E-state index contributed by atoms with van der Waals surface area (Å²) in [5, 5.41) is 3.46. The van der Waals surface area contributed by atoms with Crippen LogP contribution in [0.3, 0.4) is 0 Å². The predicted molar refractivity (Wildman–Crippen MR) is 55.4 cm³/mol. The van der Waals surface area contributed by atoms with Crippen LogP contribution in [-0.2, 0) is 6.54 Å². The summed E-state index contributed by atoms with van der Waals surface area (Å²) in [5.74, 6) is 1.90. The molecule has 0 radical (unpaired) electrons. The third-order valence-corrected chi connectivity index (χ3v) is 2.98. The minimum absolute atomic E-state index is 0.629. The van der Waals surface area contributed by atoms with E-state index in [2.05, 4.69) is 28.2 Å². The Morgan fingerprint density at radius 2 is 2.38 bits per heavy atom. The number of hydrogen-bond donors (Lipinski definition) is 1. The van der Waals surface area contributed by atoms with Crippen LogP contribution in [0.2, 0.25) is 0 Å². The first-order valence-corrected chi connectivity index (χ1v) is 5.52. The summed E-state index contributed by atoms with van der Waals surface area (Å²) in [4.78, 5) is 0. The van der Waals surface area contributed by atoms with Gasteiger partial charge in [-0.15, -0.1) is 0 Å². The Morgan fingerprint density at radius 3 is 2.92 bits per heavy atom. The summed E-state index contributed by atoms with van der Waals surface area (Å²) in [5.41, 5.74) is 0. The van der Waals surface area contributed by atoms with Crippen LogP contribution in [0.15, 0.2) is 21.2 Å². The molecule has 2 rings (SSSR count). The van der Waals surface area contributed by atoms with Crippen LogP contribution >= 0.6 is 15.9 Å². The minimum Gasteiger partial charge on any atom is -0.453 e. The van der Waals surface area contributed by atoms with Crippen LogP contribution in [0.1, 0.15) is 25.5 Å². The maximum absolute atomic E-state index is 5.39. The van der Waals surface area contributed by atoms with E-state index in [1.165, 1.54) is 12.8 Å². The van der Waals surface area contributed by atoms with Crippen molar-refractivity contribution in [3.8, 4) is 0 Å². The lowest BCUT2D eigenvalue weighted by Gasteiger charge is -2.10. The van der Waals surface area contributed by atoms with Crippen molar-refractivity contribution in [3.05, 3.63) is 22.6 Å². The fourth-order valence-electron chi connectivity index (χ4n) is 1.47. The van der Waals surface area contributed by atoms with Gasteiger partial charge >= 0.3 is 0 Å².